The van der Waals surface area contributed by atoms with Crippen LogP contribution in [-0.2, 0) is 4.79 Å². The van der Waals surface area contributed by atoms with Gasteiger partial charge in [0.2, 0.25) is 0 Å². The van der Waals surface area contributed by atoms with Gasteiger partial charge in [-0.05, 0) is 26.0 Å². The predicted molar refractivity (Wildman–Crippen MR) is 56.2 cm³/mol. The summed E-state index contributed by atoms with van der Waals surface area (Å²) in [6.45, 7) is 3.92. The molecule has 4 heteroatoms. The van der Waals surface area contributed by atoms with Crippen LogP contribution in [-0.4, -0.2) is 23.7 Å². The lowest BCUT2D eigenvalue weighted by Gasteiger charge is -2.32. The molecule has 0 unspecified atom stereocenters. The van der Waals surface area contributed by atoms with E-state index in [0.717, 1.165) is 5.69 Å². The maximum Gasteiger partial charge on any atom is 0.265 e. The fourth-order valence-electron chi connectivity index (χ4n) is 1.73. The average molecular weight is 207 g/mol. The third-order valence-electron chi connectivity index (χ3n) is 2.34. The highest BCUT2D eigenvalue weighted by molar-refractivity contribution is 5.98. The largest absolute Gasteiger partial charge is 0.508 e. The maximum atomic E-state index is 11.6. The number of anilines is 1. The molecule has 0 bridgehead atoms. The molecular weight excluding hydrogens is 194 g/mol. The zero-order valence-electron chi connectivity index (χ0n) is 8.73. The van der Waals surface area contributed by atoms with Gasteiger partial charge in [-0.2, -0.15) is 0 Å². The van der Waals surface area contributed by atoms with Crippen molar-refractivity contribution >= 4 is 11.6 Å². The summed E-state index contributed by atoms with van der Waals surface area (Å²) in [6, 6.07) is 4.86. The molecule has 4 nitrogen and oxygen atoms in total. The van der Waals surface area contributed by atoms with Gasteiger partial charge in [0.1, 0.15) is 11.5 Å². The van der Waals surface area contributed by atoms with Crippen molar-refractivity contribution in [2.45, 2.75) is 19.9 Å². The molecule has 1 N–H and O–H groups in total. The van der Waals surface area contributed by atoms with E-state index in [-0.39, 0.29) is 24.3 Å². The van der Waals surface area contributed by atoms with Crippen molar-refractivity contribution in [3.63, 3.8) is 0 Å². The first-order chi connectivity index (χ1) is 7.09. The molecule has 15 heavy (non-hydrogen) atoms. The van der Waals surface area contributed by atoms with E-state index in [1.165, 1.54) is 6.07 Å². The van der Waals surface area contributed by atoms with Crippen LogP contribution in [0.25, 0.3) is 0 Å². The second-order valence-electron chi connectivity index (χ2n) is 3.80. The van der Waals surface area contributed by atoms with E-state index in [2.05, 4.69) is 0 Å². The van der Waals surface area contributed by atoms with Gasteiger partial charge in [0.05, 0.1) is 5.69 Å². The monoisotopic (exact) mass is 207 g/mol. The molecule has 1 aliphatic heterocycles. The normalized spacial score (nSPS) is 15.1. The minimum Gasteiger partial charge on any atom is -0.508 e. The SMILES string of the molecule is CC(C)N1C(=O)COc2cc(O)ccc21. The Hall–Kier alpha value is -1.71. The van der Waals surface area contributed by atoms with Crippen molar-refractivity contribution in [3.05, 3.63) is 18.2 Å². The maximum absolute atomic E-state index is 11.6. The molecule has 0 aromatic heterocycles. The van der Waals surface area contributed by atoms with Crippen LogP contribution >= 0.6 is 0 Å². The molecule has 80 valence electrons. The summed E-state index contributed by atoms with van der Waals surface area (Å²) in [7, 11) is 0. The van der Waals surface area contributed by atoms with Crippen molar-refractivity contribution in [2.75, 3.05) is 11.5 Å². The van der Waals surface area contributed by atoms with Crippen LogP contribution < -0.4 is 9.64 Å². The molecule has 2 rings (SSSR count). The summed E-state index contributed by atoms with van der Waals surface area (Å²) >= 11 is 0. The molecule has 1 amide bonds. The van der Waals surface area contributed by atoms with Gasteiger partial charge >= 0.3 is 0 Å². The Morgan fingerprint density at radius 1 is 1.47 bits per heavy atom. The first-order valence-corrected chi connectivity index (χ1v) is 4.87. The highest BCUT2D eigenvalue weighted by Crippen LogP contribution is 2.35. The molecular formula is C11H13NO3. The molecule has 0 saturated carbocycles. The van der Waals surface area contributed by atoms with Crippen LogP contribution in [0.15, 0.2) is 18.2 Å². The van der Waals surface area contributed by atoms with Gasteiger partial charge in [-0.1, -0.05) is 0 Å². The van der Waals surface area contributed by atoms with Crippen LogP contribution in [0.3, 0.4) is 0 Å². The Morgan fingerprint density at radius 3 is 2.87 bits per heavy atom. The smallest absolute Gasteiger partial charge is 0.265 e. The van der Waals surface area contributed by atoms with E-state index in [4.69, 9.17) is 4.74 Å². The van der Waals surface area contributed by atoms with Gasteiger partial charge in [0, 0.05) is 12.1 Å². The fourth-order valence-corrected chi connectivity index (χ4v) is 1.73. The Bertz CT molecular complexity index is 401. The average Bonchev–Trinajstić information content (AvgIpc) is 2.17. The third-order valence-corrected chi connectivity index (χ3v) is 2.34. The molecule has 1 aromatic carbocycles. The molecule has 1 aliphatic rings. The summed E-state index contributed by atoms with van der Waals surface area (Å²) in [6.07, 6.45) is 0. The fraction of sp³-hybridized carbons (Fsp3) is 0.364. The third kappa shape index (κ3) is 1.63. The number of nitrogens with zero attached hydrogens (tertiary/aromatic N) is 1. The number of phenolic OH excluding ortho intramolecular Hbond substituents is 1. The van der Waals surface area contributed by atoms with Gasteiger partial charge in [0.15, 0.2) is 6.61 Å². The number of fused-ring (bicyclic) bond motifs is 1. The van der Waals surface area contributed by atoms with E-state index in [9.17, 15) is 9.90 Å². The Morgan fingerprint density at radius 2 is 2.20 bits per heavy atom. The van der Waals surface area contributed by atoms with Crippen LogP contribution in [0.2, 0.25) is 0 Å². The molecule has 0 fully saturated rings. The van der Waals surface area contributed by atoms with Crippen molar-refractivity contribution in [3.8, 4) is 11.5 Å². The van der Waals surface area contributed by atoms with Gasteiger partial charge < -0.3 is 14.7 Å². The number of rotatable bonds is 1. The Kier molecular flexibility index (Phi) is 2.26. The lowest BCUT2D eigenvalue weighted by molar-refractivity contribution is -0.121. The predicted octanol–water partition coefficient (Wildman–Crippen LogP) is 1.53. The van der Waals surface area contributed by atoms with Gasteiger partial charge in [-0.3, -0.25) is 4.79 Å². The zero-order valence-corrected chi connectivity index (χ0v) is 8.73. The minimum atomic E-state index is -0.0526. The van der Waals surface area contributed by atoms with Crippen molar-refractivity contribution in [1.82, 2.24) is 0 Å². The van der Waals surface area contributed by atoms with Crippen molar-refractivity contribution < 1.29 is 14.6 Å². The van der Waals surface area contributed by atoms with Crippen LogP contribution in [0.5, 0.6) is 11.5 Å². The number of carbonyl (C=O) groups excluding carboxylic acids is 1. The van der Waals surface area contributed by atoms with Crippen molar-refractivity contribution in [1.29, 1.82) is 0 Å². The first kappa shape index (κ1) is 9.83. The number of benzene rings is 1. The lowest BCUT2D eigenvalue weighted by atomic mass is 10.2. The topological polar surface area (TPSA) is 49.8 Å². The summed E-state index contributed by atoms with van der Waals surface area (Å²) in [4.78, 5) is 13.3. The summed E-state index contributed by atoms with van der Waals surface area (Å²) < 4.78 is 5.25. The van der Waals surface area contributed by atoms with E-state index >= 15 is 0 Å². The highest BCUT2D eigenvalue weighted by atomic mass is 16.5. The van der Waals surface area contributed by atoms with Crippen LogP contribution in [0.4, 0.5) is 5.69 Å². The summed E-state index contributed by atoms with van der Waals surface area (Å²) in [5.74, 6) is 0.651. The number of ether oxygens (including phenoxy) is 1. The van der Waals surface area contributed by atoms with E-state index < -0.39 is 0 Å². The Labute approximate surface area is 88.1 Å². The lowest BCUT2D eigenvalue weighted by Crippen LogP contribution is -2.43. The number of aromatic hydroxyl groups is 1. The number of hydrogen-bond acceptors (Lipinski definition) is 3. The minimum absolute atomic E-state index is 0.0363. The van der Waals surface area contributed by atoms with Crippen LogP contribution in [0, 0.1) is 0 Å². The molecule has 1 heterocycles. The summed E-state index contributed by atoms with van der Waals surface area (Å²) in [5, 5.41) is 9.30. The second kappa shape index (κ2) is 3.46. The van der Waals surface area contributed by atoms with Gasteiger partial charge in [-0.25, -0.2) is 0 Å². The summed E-state index contributed by atoms with van der Waals surface area (Å²) in [5.41, 5.74) is 0.721. The van der Waals surface area contributed by atoms with Crippen LogP contribution in [0.1, 0.15) is 13.8 Å². The molecule has 0 atom stereocenters. The second-order valence-corrected chi connectivity index (χ2v) is 3.80. The molecule has 0 aliphatic carbocycles. The number of amides is 1. The molecule has 0 spiro atoms. The van der Waals surface area contributed by atoms with E-state index in [0.29, 0.717) is 5.75 Å². The van der Waals surface area contributed by atoms with Crippen molar-refractivity contribution in [2.24, 2.45) is 0 Å². The molecule has 0 saturated heterocycles. The first-order valence-electron chi connectivity index (χ1n) is 4.87. The standard InChI is InChI=1S/C11H13NO3/c1-7(2)12-9-4-3-8(13)5-10(9)15-6-11(12)14/h3-5,7,13H,6H2,1-2H3. The van der Waals surface area contributed by atoms with E-state index in [1.54, 1.807) is 17.0 Å². The Balaban J connectivity index is 2.48. The quantitative estimate of drug-likeness (QED) is 0.759. The zero-order chi connectivity index (χ0) is 11.0. The molecule has 0 radical (unpaired) electrons. The number of carbonyl (C=O) groups is 1. The van der Waals surface area contributed by atoms with Gasteiger partial charge in [-0.15, -0.1) is 0 Å². The van der Waals surface area contributed by atoms with Gasteiger partial charge in [0.25, 0.3) is 5.91 Å². The highest BCUT2D eigenvalue weighted by Gasteiger charge is 2.27. The number of hydrogen-bond donors (Lipinski definition) is 1. The number of phenols is 1. The molecule has 1 aromatic rings. The van der Waals surface area contributed by atoms with E-state index in [1.807, 2.05) is 13.8 Å².